The Morgan fingerprint density at radius 1 is 1.64 bits per heavy atom. The number of pyridine rings is 1. The molecule has 0 radical (unpaired) electrons. The summed E-state index contributed by atoms with van der Waals surface area (Å²) in [5.41, 5.74) is 4.80. The molecule has 0 spiro atoms. The van der Waals surface area contributed by atoms with Crippen LogP contribution in [0.2, 0.25) is 0 Å². The predicted octanol–water partition coefficient (Wildman–Crippen LogP) is 2.05. The van der Waals surface area contributed by atoms with E-state index in [1.54, 1.807) is 0 Å². The molecule has 0 aliphatic heterocycles. The molecule has 2 N–H and O–H groups in total. The van der Waals surface area contributed by atoms with E-state index in [0.29, 0.717) is 6.29 Å². The first-order valence-electron chi connectivity index (χ1n) is 3.72. The first-order chi connectivity index (χ1) is 6.61. The molecule has 0 atom stereocenters. The number of nitrogens with two attached hydrogens (primary N) is 1. The number of halogens is 3. The number of carbonyl (C=O) groups excluding carboxylic acids is 1. The largest absolute Gasteiger partial charge is 0.325 e. The summed E-state index contributed by atoms with van der Waals surface area (Å²) in [6, 6.07) is 0. The molecule has 0 amide bonds. The van der Waals surface area contributed by atoms with E-state index in [1.165, 1.54) is 6.20 Å². The summed E-state index contributed by atoms with van der Waals surface area (Å²) in [4.78, 5) is 14.3. The van der Waals surface area contributed by atoms with Crippen molar-refractivity contribution in [2.24, 2.45) is 5.73 Å². The standard InChI is InChI=1S/C8H7BrF2N2O/c9-5-2-13-6(1-12)7(8(10)11)4(5)3-14/h2-3,8H,1,12H2. The van der Waals surface area contributed by atoms with Crippen molar-refractivity contribution in [1.29, 1.82) is 0 Å². The molecule has 14 heavy (non-hydrogen) atoms. The smallest absolute Gasteiger partial charge is 0.266 e. The first-order valence-corrected chi connectivity index (χ1v) is 4.51. The Labute approximate surface area is 87.4 Å². The number of nitrogens with zero attached hydrogens (tertiary/aromatic N) is 1. The summed E-state index contributed by atoms with van der Waals surface area (Å²) >= 11 is 2.97. The molecule has 0 unspecified atom stereocenters. The highest BCUT2D eigenvalue weighted by Gasteiger charge is 2.20. The fourth-order valence-corrected chi connectivity index (χ4v) is 1.49. The Morgan fingerprint density at radius 2 is 2.29 bits per heavy atom. The Hall–Kier alpha value is -0.880. The van der Waals surface area contributed by atoms with E-state index in [-0.39, 0.29) is 22.3 Å². The molecule has 0 aliphatic rings. The van der Waals surface area contributed by atoms with Crippen molar-refractivity contribution in [1.82, 2.24) is 4.98 Å². The van der Waals surface area contributed by atoms with Gasteiger partial charge >= 0.3 is 0 Å². The average molecular weight is 265 g/mol. The topological polar surface area (TPSA) is 56.0 Å². The minimum atomic E-state index is -2.75. The molecule has 1 aromatic heterocycles. The number of alkyl halides is 2. The van der Waals surface area contributed by atoms with Crippen LogP contribution in [0.4, 0.5) is 8.78 Å². The summed E-state index contributed by atoms with van der Waals surface area (Å²) < 4.78 is 25.4. The summed E-state index contributed by atoms with van der Waals surface area (Å²) in [7, 11) is 0. The van der Waals surface area contributed by atoms with E-state index in [1.807, 2.05) is 0 Å². The third kappa shape index (κ3) is 1.96. The fraction of sp³-hybridized carbons (Fsp3) is 0.250. The number of carbonyl (C=O) groups is 1. The van der Waals surface area contributed by atoms with Crippen molar-refractivity contribution >= 4 is 22.2 Å². The van der Waals surface area contributed by atoms with Gasteiger partial charge in [-0.1, -0.05) is 0 Å². The van der Waals surface area contributed by atoms with Gasteiger partial charge in [0.1, 0.15) is 0 Å². The van der Waals surface area contributed by atoms with Crippen LogP contribution in [0, 0.1) is 0 Å². The van der Waals surface area contributed by atoms with Gasteiger partial charge in [-0.2, -0.15) is 0 Å². The van der Waals surface area contributed by atoms with Crippen molar-refractivity contribution in [2.75, 3.05) is 0 Å². The lowest BCUT2D eigenvalue weighted by Gasteiger charge is -2.09. The van der Waals surface area contributed by atoms with Crippen molar-refractivity contribution in [3.63, 3.8) is 0 Å². The van der Waals surface area contributed by atoms with Gasteiger partial charge in [0.25, 0.3) is 6.43 Å². The van der Waals surface area contributed by atoms with Crippen LogP contribution in [0.15, 0.2) is 10.7 Å². The second kappa shape index (κ2) is 4.56. The SMILES string of the molecule is NCc1ncc(Br)c(C=O)c1C(F)F. The number of aldehydes is 1. The summed E-state index contributed by atoms with van der Waals surface area (Å²) in [6.45, 7) is -0.117. The lowest BCUT2D eigenvalue weighted by molar-refractivity contribution is 0.110. The molecule has 6 heteroatoms. The van der Waals surface area contributed by atoms with Crippen molar-refractivity contribution in [2.45, 2.75) is 13.0 Å². The monoisotopic (exact) mass is 264 g/mol. The zero-order valence-electron chi connectivity index (χ0n) is 7.01. The van der Waals surface area contributed by atoms with E-state index in [0.717, 1.165) is 0 Å². The van der Waals surface area contributed by atoms with Gasteiger partial charge in [-0.15, -0.1) is 0 Å². The molecule has 0 aromatic carbocycles. The van der Waals surface area contributed by atoms with E-state index >= 15 is 0 Å². The van der Waals surface area contributed by atoms with E-state index in [2.05, 4.69) is 20.9 Å². The molecule has 3 nitrogen and oxygen atoms in total. The number of rotatable bonds is 3. The zero-order valence-corrected chi connectivity index (χ0v) is 8.59. The molecule has 1 heterocycles. The highest BCUT2D eigenvalue weighted by Crippen LogP contribution is 2.29. The van der Waals surface area contributed by atoms with Crippen LogP contribution in [-0.2, 0) is 6.54 Å². The van der Waals surface area contributed by atoms with Crippen LogP contribution in [0.1, 0.15) is 28.0 Å². The number of hydrogen-bond acceptors (Lipinski definition) is 3. The molecule has 1 aromatic rings. The van der Waals surface area contributed by atoms with Gasteiger partial charge in [-0.25, -0.2) is 8.78 Å². The predicted molar refractivity (Wildman–Crippen MR) is 50.2 cm³/mol. The Morgan fingerprint density at radius 3 is 2.71 bits per heavy atom. The second-order valence-corrected chi connectivity index (χ2v) is 3.36. The van der Waals surface area contributed by atoms with Crippen molar-refractivity contribution in [3.8, 4) is 0 Å². The average Bonchev–Trinajstić information content (AvgIpc) is 2.17. The lowest BCUT2D eigenvalue weighted by atomic mass is 10.1. The minimum absolute atomic E-state index is 0.0466. The molecule has 0 saturated carbocycles. The molecule has 0 aliphatic carbocycles. The molecule has 0 saturated heterocycles. The van der Waals surface area contributed by atoms with Gasteiger partial charge in [0.15, 0.2) is 6.29 Å². The molecule has 0 fully saturated rings. The summed E-state index contributed by atoms with van der Waals surface area (Å²) in [6.07, 6.45) is -1.09. The number of hydrogen-bond donors (Lipinski definition) is 1. The maximum absolute atomic E-state index is 12.6. The third-order valence-corrected chi connectivity index (χ3v) is 2.35. The van der Waals surface area contributed by atoms with Crippen LogP contribution in [0.5, 0.6) is 0 Å². The van der Waals surface area contributed by atoms with Crippen LogP contribution in [0.25, 0.3) is 0 Å². The zero-order chi connectivity index (χ0) is 10.7. The van der Waals surface area contributed by atoms with E-state index in [4.69, 9.17) is 5.73 Å². The maximum Gasteiger partial charge on any atom is 0.266 e. The summed E-state index contributed by atoms with van der Waals surface area (Å²) in [5.74, 6) is 0. The molecular weight excluding hydrogens is 258 g/mol. The van der Waals surface area contributed by atoms with E-state index in [9.17, 15) is 13.6 Å². The van der Waals surface area contributed by atoms with Crippen LogP contribution in [0.3, 0.4) is 0 Å². The van der Waals surface area contributed by atoms with Gasteiger partial charge < -0.3 is 5.73 Å². The van der Waals surface area contributed by atoms with Gasteiger partial charge in [-0.05, 0) is 15.9 Å². The lowest BCUT2D eigenvalue weighted by Crippen LogP contribution is -2.08. The highest BCUT2D eigenvalue weighted by molar-refractivity contribution is 9.10. The molecule has 1 rings (SSSR count). The first kappa shape index (κ1) is 11.2. The van der Waals surface area contributed by atoms with Crippen LogP contribution < -0.4 is 5.73 Å². The fourth-order valence-electron chi connectivity index (χ4n) is 1.08. The van der Waals surface area contributed by atoms with Gasteiger partial charge in [0, 0.05) is 22.8 Å². The molecular formula is C8H7BrF2N2O. The Balaban J connectivity index is 3.43. The Bertz CT molecular complexity index is 357. The molecule has 0 bridgehead atoms. The summed E-state index contributed by atoms with van der Waals surface area (Å²) in [5, 5.41) is 0. The van der Waals surface area contributed by atoms with Gasteiger partial charge in [-0.3, -0.25) is 9.78 Å². The van der Waals surface area contributed by atoms with Crippen LogP contribution >= 0.6 is 15.9 Å². The van der Waals surface area contributed by atoms with Crippen LogP contribution in [-0.4, -0.2) is 11.3 Å². The molecule has 76 valence electrons. The maximum atomic E-state index is 12.6. The Kier molecular flexibility index (Phi) is 3.65. The number of aromatic nitrogens is 1. The van der Waals surface area contributed by atoms with Gasteiger partial charge in [0.05, 0.1) is 11.3 Å². The highest BCUT2D eigenvalue weighted by atomic mass is 79.9. The van der Waals surface area contributed by atoms with Gasteiger partial charge in [0.2, 0.25) is 0 Å². The normalized spacial score (nSPS) is 10.6. The second-order valence-electron chi connectivity index (χ2n) is 2.50. The minimum Gasteiger partial charge on any atom is -0.325 e. The van der Waals surface area contributed by atoms with E-state index < -0.39 is 12.0 Å². The third-order valence-electron chi connectivity index (χ3n) is 1.72. The van der Waals surface area contributed by atoms with Crippen molar-refractivity contribution < 1.29 is 13.6 Å². The van der Waals surface area contributed by atoms with Crippen molar-refractivity contribution in [3.05, 3.63) is 27.5 Å². The quantitative estimate of drug-likeness (QED) is 0.851.